The highest BCUT2D eigenvalue weighted by Gasteiger charge is 2.53. The van der Waals surface area contributed by atoms with E-state index in [-0.39, 0.29) is 24.2 Å². The lowest BCUT2D eigenvalue weighted by Gasteiger charge is -2.51. The van der Waals surface area contributed by atoms with Gasteiger partial charge in [0.05, 0.1) is 6.54 Å². The molecule has 7 heteroatoms. The van der Waals surface area contributed by atoms with Gasteiger partial charge in [0.2, 0.25) is 11.8 Å². The molecule has 6 nitrogen and oxygen atoms in total. The number of hydrogen-bond donors (Lipinski definition) is 1. The van der Waals surface area contributed by atoms with Crippen molar-refractivity contribution in [3.63, 3.8) is 0 Å². The average Bonchev–Trinajstić information content (AvgIpc) is 2.85. The van der Waals surface area contributed by atoms with Crippen LogP contribution in [-0.4, -0.2) is 52.8 Å². The summed E-state index contributed by atoms with van der Waals surface area (Å²) in [7, 11) is 0. The number of para-hydroxylation sites is 1. The summed E-state index contributed by atoms with van der Waals surface area (Å²) < 4.78 is 5.89. The number of benzene rings is 2. The highest BCUT2D eigenvalue weighted by molar-refractivity contribution is 6.00. The molecular formula is C29H36ClN3O3. The van der Waals surface area contributed by atoms with Crippen molar-refractivity contribution in [1.82, 2.24) is 15.1 Å². The average molecular weight is 510 g/mol. The molecule has 1 unspecified atom stereocenters. The molecule has 0 aliphatic carbocycles. The minimum absolute atomic E-state index is 0. The molecule has 0 radical (unpaired) electrons. The fourth-order valence-corrected chi connectivity index (χ4v) is 5.02. The molecule has 0 aromatic heterocycles. The number of likely N-dealkylation sites (tertiary alicyclic amines) is 1. The van der Waals surface area contributed by atoms with Gasteiger partial charge in [0.15, 0.2) is 0 Å². The van der Waals surface area contributed by atoms with Crippen LogP contribution in [0.5, 0.6) is 11.5 Å². The zero-order chi connectivity index (χ0) is 24.8. The molecule has 2 aromatic rings. The highest BCUT2D eigenvalue weighted by atomic mass is 35.5. The maximum absolute atomic E-state index is 13.3. The number of carbonyl (C=O) groups excluding carboxylic acids is 2. The van der Waals surface area contributed by atoms with Crippen LogP contribution >= 0.6 is 12.4 Å². The number of piperazine rings is 1. The topological polar surface area (TPSA) is 61.9 Å². The Balaban J connectivity index is 0.00000361. The minimum atomic E-state index is -0.807. The first-order valence-corrected chi connectivity index (χ1v) is 12.5. The van der Waals surface area contributed by atoms with Crippen LogP contribution in [-0.2, 0) is 16.1 Å². The summed E-state index contributed by atoms with van der Waals surface area (Å²) in [6, 6.07) is 17.4. The van der Waals surface area contributed by atoms with Crippen LogP contribution in [0.25, 0.3) is 0 Å². The number of carbonyl (C=O) groups is 2. The number of nitrogens with zero attached hydrogens (tertiary/aromatic N) is 2. The van der Waals surface area contributed by atoms with E-state index >= 15 is 0 Å². The Morgan fingerprint density at radius 1 is 1.03 bits per heavy atom. The summed E-state index contributed by atoms with van der Waals surface area (Å²) in [6.07, 6.45) is 1.87. The third-order valence-electron chi connectivity index (χ3n) is 6.92. The summed E-state index contributed by atoms with van der Waals surface area (Å²) in [4.78, 5) is 30.8. The third-order valence-corrected chi connectivity index (χ3v) is 6.92. The SMILES string of the molecule is CC#CCN1C(=O)C(CC(C)C)NC(=O)C12CCN(Cc1ccc(Oc3ccccc3)cc1)CC2.Cl. The zero-order valence-electron chi connectivity index (χ0n) is 21.3. The lowest BCUT2D eigenvalue weighted by molar-refractivity contribution is -0.160. The summed E-state index contributed by atoms with van der Waals surface area (Å²) in [5.41, 5.74) is 0.384. The largest absolute Gasteiger partial charge is 0.457 e. The van der Waals surface area contributed by atoms with E-state index in [0.29, 0.717) is 31.7 Å². The number of halogens is 1. The fourth-order valence-electron chi connectivity index (χ4n) is 5.02. The summed E-state index contributed by atoms with van der Waals surface area (Å²) in [5, 5.41) is 3.04. The molecule has 2 fully saturated rings. The first kappa shape index (κ1) is 27.6. The van der Waals surface area contributed by atoms with Crippen molar-refractivity contribution < 1.29 is 14.3 Å². The summed E-state index contributed by atoms with van der Waals surface area (Å²) >= 11 is 0. The van der Waals surface area contributed by atoms with Gasteiger partial charge < -0.3 is 15.0 Å². The van der Waals surface area contributed by atoms with E-state index in [2.05, 4.69) is 48.0 Å². The predicted octanol–water partition coefficient (Wildman–Crippen LogP) is 4.63. The zero-order valence-corrected chi connectivity index (χ0v) is 22.1. The van der Waals surface area contributed by atoms with Crippen molar-refractivity contribution >= 4 is 24.2 Å². The van der Waals surface area contributed by atoms with Crippen molar-refractivity contribution in [2.45, 2.75) is 58.2 Å². The molecule has 2 aliphatic rings. The molecule has 0 bridgehead atoms. The fraction of sp³-hybridized carbons (Fsp3) is 0.448. The van der Waals surface area contributed by atoms with E-state index < -0.39 is 11.6 Å². The summed E-state index contributed by atoms with van der Waals surface area (Å²) in [5.74, 6) is 7.85. The maximum Gasteiger partial charge on any atom is 0.246 e. The van der Waals surface area contributed by atoms with Crippen molar-refractivity contribution in [1.29, 1.82) is 0 Å². The second kappa shape index (κ2) is 12.3. The lowest BCUT2D eigenvalue weighted by Crippen LogP contribution is -2.72. The Morgan fingerprint density at radius 2 is 1.67 bits per heavy atom. The van der Waals surface area contributed by atoms with Gasteiger partial charge in [-0.25, -0.2) is 0 Å². The van der Waals surface area contributed by atoms with E-state index in [0.717, 1.165) is 31.1 Å². The second-order valence-electron chi connectivity index (χ2n) is 9.87. The van der Waals surface area contributed by atoms with Gasteiger partial charge in [-0.1, -0.05) is 50.1 Å². The van der Waals surface area contributed by atoms with Crippen LogP contribution in [0.1, 0.15) is 45.6 Å². The Bertz CT molecular complexity index is 1080. The van der Waals surface area contributed by atoms with Crippen molar-refractivity contribution in [2.24, 2.45) is 5.92 Å². The van der Waals surface area contributed by atoms with Crippen LogP contribution in [0.2, 0.25) is 0 Å². The molecule has 2 aromatic carbocycles. The van der Waals surface area contributed by atoms with E-state index in [9.17, 15) is 9.59 Å². The lowest BCUT2D eigenvalue weighted by atomic mass is 9.81. The third kappa shape index (κ3) is 6.21. The second-order valence-corrected chi connectivity index (χ2v) is 9.87. The Morgan fingerprint density at radius 3 is 2.28 bits per heavy atom. The number of rotatable bonds is 7. The van der Waals surface area contributed by atoms with Gasteiger partial charge >= 0.3 is 0 Å². The van der Waals surface area contributed by atoms with Gasteiger partial charge in [0.25, 0.3) is 0 Å². The number of ether oxygens (including phenoxy) is 1. The standard InChI is InChI=1S/C29H35N3O3.ClH/c1-4-5-17-32-27(33)26(20-22(2)3)30-28(34)29(32)15-18-31(19-16-29)21-23-11-13-25(14-12-23)35-24-9-7-6-8-10-24;/h6-14,22,26H,15-21H2,1-3H3,(H,30,34);1H. The van der Waals surface area contributed by atoms with Crippen LogP contribution in [0.15, 0.2) is 54.6 Å². The monoisotopic (exact) mass is 509 g/mol. The molecule has 1 N–H and O–H groups in total. The number of piperidine rings is 1. The van der Waals surface area contributed by atoms with Gasteiger partial charge in [-0.3, -0.25) is 14.5 Å². The highest BCUT2D eigenvalue weighted by Crippen LogP contribution is 2.34. The number of hydrogen-bond acceptors (Lipinski definition) is 4. The minimum Gasteiger partial charge on any atom is -0.457 e. The Hall–Kier alpha value is -3.01. The number of nitrogens with one attached hydrogen (secondary N) is 1. The Labute approximate surface area is 220 Å². The smallest absolute Gasteiger partial charge is 0.246 e. The molecule has 192 valence electrons. The normalized spacial score (nSPS) is 19.3. The molecule has 4 rings (SSSR count). The van der Waals surface area contributed by atoms with Gasteiger partial charge in [-0.2, -0.15) is 0 Å². The number of amides is 2. The van der Waals surface area contributed by atoms with E-state index in [4.69, 9.17) is 4.74 Å². The van der Waals surface area contributed by atoms with Gasteiger partial charge in [0, 0.05) is 19.6 Å². The molecular weight excluding hydrogens is 474 g/mol. The van der Waals surface area contributed by atoms with Crippen molar-refractivity contribution in [3.8, 4) is 23.3 Å². The summed E-state index contributed by atoms with van der Waals surface area (Å²) in [6.45, 7) is 8.49. The van der Waals surface area contributed by atoms with Gasteiger partial charge in [-0.05, 0) is 61.9 Å². The van der Waals surface area contributed by atoms with Crippen LogP contribution in [0.3, 0.4) is 0 Å². The quantitative estimate of drug-likeness (QED) is 0.553. The predicted molar refractivity (Wildman–Crippen MR) is 144 cm³/mol. The van der Waals surface area contributed by atoms with E-state index in [1.54, 1.807) is 11.8 Å². The van der Waals surface area contributed by atoms with Crippen molar-refractivity contribution in [2.75, 3.05) is 19.6 Å². The van der Waals surface area contributed by atoms with Crippen LogP contribution < -0.4 is 10.1 Å². The molecule has 0 saturated carbocycles. The first-order valence-electron chi connectivity index (χ1n) is 12.5. The van der Waals surface area contributed by atoms with E-state index in [1.165, 1.54) is 5.56 Å². The molecule has 36 heavy (non-hydrogen) atoms. The van der Waals surface area contributed by atoms with Gasteiger partial charge in [0.1, 0.15) is 23.1 Å². The van der Waals surface area contributed by atoms with Crippen LogP contribution in [0, 0.1) is 17.8 Å². The molecule has 2 amide bonds. The van der Waals surface area contributed by atoms with Crippen LogP contribution in [0.4, 0.5) is 0 Å². The van der Waals surface area contributed by atoms with Crippen molar-refractivity contribution in [3.05, 3.63) is 60.2 Å². The maximum atomic E-state index is 13.3. The van der Waals surface area contributed by atoms with E-state index in [1.807, 2.05) is 42.5 Å². The first-order chi connectivity index (χ1) is 16.9. The molecule has 2 aliphatic heterocycles. The van der Waals surface area contributed by atoms with Gasteiger partial charge in [-0.15, -0.1) is 18.3 Å². The molecule has 2 heterocycles. The Kier molecular flexibility index (Phi) is 9.42. The molecule has 1 spiro atoms. The molecule has 1 atom stereocenters. The molecule has 2 saturated heterocycles.